The Bertz CT molecular complexity index is 1330. The van der Waals surface area contributed by atoms with Gasteiger partial charge in [-0.15, -0.1) is 0 Å². The molecule has 1 aliphatic heterocycles. The summed E-state index contributed by atoms with van der Waals surface area (Å²) in [5, 5.41) is 14.4. The number of likely N-dealkylation sites (tertiary alicyclic amines) is 1. The van der Waals surface area contributed by atoms with Gasteiger partial charge in [-0.3, -0.25) is 19.2 Å². The lowest BCUT2D eigenvalue weighted by atomic mass is 9.83. The quantitative estimate of drug-likeness (QED) is 0.131. The third-order valence-corrected chi connectivity index (χ3v) is 11.7. The predicted octanol–water partition coefficient (Wildman–Crippen LogP) is 6.88. The number of ketones is 2. The molecule has 0 spiro atoms. The highest BCUT2D eigenvalue weighted by molar-refractivity contribution is 5.90. The van der Waals surface area contributed by atoms with Crippen LogP contribution in [0.1, 0.15) is 126 Å². The zero-order valence-corrected chi connectivity index (χ0v) is 36.1. The molecule has 10 atom stereocenters. The lowest BCUT2D eigenvalue weighted by molar-refractivity contribution is -0.149. The third-order valence-electron chi connectivity index (χ3n) is 11.7. The van der Waals surface area contributed by atoms with Gasteiger partial charge in [0.1, 0.15) is 5.78 Å². The number of aliphatic hydroxyl groups is 1. The molecule has 308 valence electrons. The van der Waals surface area contributed by atoms with Crippen LogP contribution in [0.3, 0.4) is 0 Å². The van der Waals surface area contributed by atoms with Crippen molar-refractivity contribution in [2.24, 2.45) is 35.5 Å². The van der Waals surface area contributed by atoms with Gasteiger partial charge in [0.25, 0.3) is 0 Å². The van der Waals surface area contributed by atoms with E-state index in [9.17, 15) is 24.3 Å². The molecule has 2 amide bonds. The minimum absolute atomic E-state index is 0.0116. The first-order chi connectivity index (χ1) is 25.2. The average molecular weight is 758 g/mol. The van der Waals surface area contributed by atoms with E-state index in [0.29, 0.717) is 13.0 Å². The fourth-order valence-electron chi connectivity index (χ4n) is 8.23. The van der Waals surface area contributed by atoms with E-state index in [4.69, 9.17) is 9.47 Å². The summed E-state index contributed by atoms with van der Waals surface area (Å²) in [6.45, 7) is 22.6. The van der Waals surface area contributed by atoms with Gasteiger partial charge in [-0.25, -0.2) is 0 Å². The number of Topliss-reactive ketones (excluding diaryl/α,β-unsaturated/α-hetero) is 2. The average Bonchev–Trinajstić information content (AvgIpc) is 3.61. The van der Waals surface area contributed by atoms with Crippen molar-refractivity contribution >= 4 is 23.4 Å². The molecule has 0 saturated carbocycles. The van der Waals surface area contributed by atoms with Crippen LogP contribution in [0.5, 0.6) is 0 Å². The van der Waals surface area contributed by atoms with E-state index in [1.165, 1.54) is 0 Å². The van der Waals surface area contributed by atoms with Gasteiger partial charge in [0.05, 0.1) is 42.9 Å². The van der Waals surface area contributed by atoms with Crippen LogP contribution in [0, 0.1) is 35.5 Å². The van der Waals surface area contributed by atoms with E-state index in [0.717, 1.165) is 18.4 Å². The van der Waals surface area contributed by atoms with Crippen molar-refractivity contribution < 1.29 is 33.8 Å². The Morgan fingerprint density at radius 2 is 1.50 bits per heavy atom. The highest BCUT2D eigenvalue weighted by Crippen LogP contribution is 2.33. The molecule has 1 heterocycles. The normalized spacial score (nSPS) is 20.2. The summed E-state index contributed by atoms with van der Waals surface area (Å²) >= 11 is 0. The van der Waals surface area contributed by atoms with Crippen LogP contribution in [0.15, 0.2) is 30.3 Å². The number of carbonyl (C=O) groups excluding carboxylic acids is 4. The number of benzene rings is 1. The molecular formula is C44H75N3O7. The van der Waals surface area contributed by atoms with Crippen LogP contribution in [0.4, 0.5) is 0 Å². The van der Waals surface area contributed by atoms with Crippen molar-refractivity contribution in [3.63, 3.8) is 0 Å². The number of hydrogen-bond donors (Lipinski definition) is 2. The van der Waals surface area contributed by atoms with Gasteiger partial charge in [-0.2, -0.15) is 0 Å². The Hall–Kier alpha value is -2.66. The molecule has 2 rings (SSSR count). The summed E-state index contributed by atoms with van der Waals surface area (Å²) in [5.41, 5.74) is 0.521. The molecule has 10 nitrogen and oxygen atoms in total. The number of ether oxygens (including phenoxy) is 2. The molecule has 1 saturated heterocycles. The van der Waals surface area contributed by atoms with Crippen molar-refractivity contribution in [2.75, 3.05) is 27.8 Å². The molecule has 0 radical (unpaired) electrons. The van der Waals surface area contributed by atoms with Gasteiger partial charge in [0.2, 0.25) is 11.8 Å². The molecule has 1 aromatic carbocycles. The minimum Gasteiger partial charge on any atom is -0.388 e. The van der Waals surface area contributed by atoms with Crippen LogP contribution >= 0.6 is 0 Å². The molecular weight excluding hydrogens is 682 g/mol. The van der Waals surface area contributed by atoms with Crippen molar-refractivity contribution in [1.29, 1.82) is 0 Å². The van der Waals surface area contributed by atoms with Crippen molar-refractivity contribution in [2.45, 2.75) is 157 Å². The lowest BCUT2D eigenvalue weighted by Crippen LogP contribution is -2.55. The molecule has 2 N–H and O–H groups in total. The SMILES string of the molecule is CCC(C)C(C(CC(=O)N1CCCC1C(OC)C(C)C(=O)CC(C)C(O)c1ccccc1)OC)N(C)C(=O)C(CC(=O)C(NC(C)(C)C)C(C)C)C(C)C. The third kappa shape index (κ3) is 13.0. The van der Waals surface area contributed by atoms with E-state index in [-0.39, 0.29) is 83.9 Å². The minimum atomic E-state index is -0.763. The Morgan fingerprint density at radius 1 is 0.889 bits per heavy atom. The standard InChI is InChI=1S/C44H75N3O7/c1-15-29(6)40(46(12)43(52)33(27(2)3)25-36(49)39(28(4)5)45-44(9,10)11)37(53-13)26-38(50)47-23-19-22-34(47)42(54-14)31(8)35(48)24-30(7)41(51)32-20-17-16-18-21-32/h16-18,20-21,27-31,33-34,37,39-42,45,51H,15,19,22-26H2,1-14H3. The van der Waals surface area contributed by atoms with Crippen LogP contribution in [0.25, 0.3) is 0 Å². The smallest absolute Gasteiger partial charge is 0.226 e. The van der Waals surface area contributed by atoms with Gasteiger partial charge < -0.3 is 29.7 Å². The molecule has 0 aromatic heterocycles. The van der Waals surface area contributed by atoms with E-state index in [2.05, 4.69) is 19.2 Å². The monoisotopic (exact) mass is 758 g/mol. The summed E-state index contributed by atoms with van der Waals surface area (Å²) in [7, 11) is 4.96. The Labute approximate surface area is 327 Å². The van der Waals surface area contributed by atoms with Crippen molar-refractivity contribution in [3.05, 3.63) is 35.9 Å². The highest BCUT2D eigenvalue weighted by Gasteiger charge is 2.43. The fourth-order valence-corrected chi connectivity index (χ4v) is 8.23. The molecule has 10 heteroatoms. The van der Waals surface area contributed by atoms with Crippen molar-refractivity contribution in [1.82, 2.24) is 15.1 Å². The number of nitrogens with zero attached hydrogens (tertiary/aromatic N) is 2. The molecule has 1 fully saturated rings. The number of methoxy groups -OCH3 is 2. The van der Waals surface area contributed by atoms with E-state index in [1.54, 1.807) is 26.2 Å². The summed E-state index contributed by atoms with van der Waals surface area (Å²) in [6, 6.07) is 8.30. The topological polar surface area (TPSA) is 125 Å². The lowest BCUT2D eigenvalue weighted by Gasteiger charge is -2.41. The predicted molar refractivity (Wildman–Crippen MR) is 216 cm³/mol. The Kier molecular flexibility index (Phi) is 19.0. The molecule has 0 bridgehead atoms. The molecule has 1 aromatic rings. The molecule has 0 aliphatic carbocycles. The second-order valence-corrected chi connectivity index (χ2v) is 17.7. The number of nitrogens with one attached hydrogen (secondary N) is 1. The Morgan fingerprint density at radius 3 is 2.00 bits per heavy atom. The van der Waals surface area contributed by atoms with Crippen LogP contribution < -0.4 is 5.32 Å². The van der Waals surface area contributed by atoms with Gasteiger partial charge in [0, 0.05) is 58.0 Å². The van der Waals surface area contributed by atoms with Gasteiger partial charge in [0.15, 0.2) is 5.78 Å². The van der Waals surface area contributed by atoms with E-state index >= 15 is 0 Å². The Balaban J connectivity index is 2.26. The van der Waals surface area contributed by atoms with Gasteiger partial charge in [-0.1, -0.05) is 92.1 Å². The first kappa shape index (κ1) is 47.5. The largest absolute Gasteiger partial charge is 0.388 e. The molecule has 10 unspecified atom stereocenters. The van der Waals surface area contributed by atoms with Crippen LogP contribution in [0.2, 0.25) is 0 Å². The number of hydrogen-bond acceptors (Lipinski definition) is 8. The van der Waals surface area contributed by atoms with Gasteiger partial charge >= 0.3 is 0 Å². The number of amides is 2. The highest BCUT2D eigenvalue weighted by atomic mass is 16.5. The van der Waals surface area contributed by atoms with E-state index in [1.807, 2.05) is 97.5 Å². The number of carbonyl (C=O) groups is 4. The first-order valence-corrected chi connectivity index (χ1v) is 20.4. The number of rotatable bonds is 22. The number of likely N-dealkylation sites (N-methyl/N-ethyl adjacent to an activating group) is 1. The fraction of sp³-hybridized carbons (Fsp3) is 0.773. The second-order valence-electron chi connectivity index (χ2n) is 17.7. The molecule has 1 aliphatic rings. The maximum Gasteiger partial charge on any atom is 0.226 e. The molecule has 54 heavy (non-hydrogen) atoms. The first-order valence-electron chi connectivity index (χ1n) is 20.4. The summed E-state index contributed by atoms with van der Waals surface area (Å²) in [4.78, 5) is 59.5. The van der Waals surface area contributed by atoms with Crippen LogP contribution in [-0.4, -0.2) is 102 Å². The maximum absolute atomic E-state index is 14.4. The summed E-state index contributed by atoms with van der Waals surface area (Å²) in [5.74, 6) is -1.49. The number of aliphatic hydroxyl groups excluding tert-OH is 1. The second kappa shape index (κ2) is 21.6. The van der Waals surface area contributed by atoms with Gasteiger partial charge in [-0.05, 0) is 62.8 Å². The zero-order chi connectivity index (χ0) is 41.1. The van der Waals surface area contributed by atoms with Crippen LogP contribution in [-0.2, 0) is 28.7 Å². The van der Waals surface area contributed by atoms with E-state index < -0.39 is 36.2 Å². The summed E-state index contributed by atoms with van der Waals surface area (Å²) in [6.07, 6.45) is 0.791. The summed E-state index contributed by atoms with van der Waals surface area (Å²) < 4.78 is 12.0. The van der Waals surface area contributed by atoms with Crippen molar-refractivity contribution in [3.8, 4) is 0 Å². The zero-order valence-electron chi connectivity index (χ0n) is 36.1. The maximum atomic E-state index is 14.4.